The van der Waals surface area contributed by atoms with Crippen molar-refractivity contribution in [1.29, 1.82) is 0 Å². The Kier molecular flexibility index (Phi) is 4.86. The molecule has 2 saturated carbocycles. The topological polar surface area (TPSA) is 57.7 Å². The third kappa shape index (κ3) is 3.31. The van der Waals surface area contributed by atoms with E-state index in [2.05, 4.69) is 15.9 Å². The van der Waals surface area contributed by atoms with Crippen molar-refractivity contribution in [2.45, 2.75) is 63.5 Å². The number of carbonyl (C=O) groups is 3. The summed E-state index contributed by atoms with van der Waals surface area (Å²) < 4.78 is 0.893. The summed E-state index contributed by atoms with van der Waals surface area (Å²) in [6.45, 7) is 0. The normalized spacial score (nSPS) is 24.2. The highest BCUT2D eigenvalue weighted by molar-refractivity contribution is 9.10. The molecule has 138 valence electrons. The number of nitrogens with zero attached hydrogens (tertiary/aromatic N) is 2. The number of hydrogen-bond acceptors (Lipinski definition) is 3. The van der Waals surface area contributed by atoms with Gasteiger partial charge in [0.2, 0.25) is 11.8 Å². The van der Waals surface area contributed by atoms with Crippen LogP contribution in [0.1, 0.15) is 51.4 Å². The first-order valence-corrected chi connectivity index (χ1v) is 10.3. The van der Waals surface area contributed by atoms with Crippen molar-refractivity contribution < 1.29 is 14.4 Å². The number of hydrogen-bond donors (Lipinski definition) is 0. The second-order valence-electron chi connectivity index (χ2n) is 7.58. The smallest absolute Gasteiger partial charge is 0.257 e. The van der Waals surface area contributed by atoms with Crippen LogP contribution in [-0.4, -0.2) is 34.7 Å². The third-order valence-corrected chi connectivity index (χ3v) is 6.22. The Hall–Kier alpha value is -1.69. The Balaban J connectivity index is 1.57. The zero-order valence-electron chi connectivity index (χ0n) is 14.7. The van der Waals surface area contributed by atoms with Crippen LogP contribution in [0.5, 0.6) is 0 Å². The van der Waals surface area contributed by atoms with Crippen molar-refractivity contribution in [3.05, 3.63) is 28.7 Å². The zero-order valence-corrected chi connectivity index (χ0v) is 16.3. The largest absolute Gasteiger partial charge is 0.327 e. The van der Waals surface area contributed by atoms with E-state index < -0.39 is 6.04 Å². The maximum atomic E-state index is 13.1. The quantitative estimate of drug-likeness (QED) is 0.701. The second kappa shape index (κ2) is 7.14. The van der Waals surface area contributed by atoms with Crippen LogP contribution in [0.15, 0.2) is 28.7 Å². The first-order valence-electron chi connectivity index (χ1n) is 9.51. The molecule has 6 heteroatoms. The summed E-state index contributed by atoms with van der Waals surface area (Å²) in [6.07, 6.45) is 7.15. The average molecular weight is 419 g/mol. The molecule has 3 aliphatic rings. The minimum Gasteiger partial charge on any atom is -0.327 e. The van der Waals surface area contributed by atoms with E-state index in [1.54, 1.807) is 17.0 Å². The van der Waals surface area contributed by atoms with Gasteiger partial charge >= 0.3 is 0 Å². The molecular formula is C20H23BrN2O3. The molecule has 5 nitrogen and oxygen atoms in total. The van der Waals surface area contributed by atoms with Crippen LogP contribution in [0.4, 0.5) is 5.69 Å². The lowest BCUT2D eigenvalue weighted by Crippen LogP contribution is -2.49. The minimum atomic E-state index is -0.631. The van der Waals surface area contributed by atoms with Gasteiger partial charge in [-0.2, -0.15) is 0 Å². The van der Waals surface area contributed by atoms with Crippen LogP contribution in [0.3, 0.4) is 0 Å². The number of benzene rings is 1. The lowest BCUT2D eigenvalue weighted by atomic mass is 9.88. The minimum absolute atomic E-state index is 0.0222. The summed E-state index contributed by atoms with van der Waals surface area (Å²) in [5, 5.41) is 0. The molecule has 1 aromatic rings. The average Bonchev–Trinajstić information content (AvgIpc) is 3.44. The summed E-state index contributed by atoms with van der Waals surface area (Å²) >= 11 is 3.37. The highest BCUT2D eigenvalue weighted by Gasteiger charge is 2.49. The van der Waals surface area contributed by atoms with Crippen molar-refractivity contribution in [2.75, 3.05) is 4.90 Å². The van der Waals surface area contributed by atoms with Crippen LogP contribution in [0, 0.1) is 5.92 Å². The number of rotatable bonds is 4. The van der Waals surface area contributed by atoms with E-state index in [4.69, 9.17) is 0 Å². The van der Waals surface area contributed by atoms with E-state index in [1.165, 1.54) is 11.3 Å². The van der Waals surface area contributed by atoms with Gasteiger partial charge in [-0.05, 0) is 49.9 Å². The van der Waals surface area contributed by atoms with Crippen LogP contribution in [-0.2, 0) is 14.4 Å². The summed E-state index contributed by atoms with van der Waals surface area (Å²) in [5.41, 5.74) is 0.576. The Labute approximate surface area is 161 Å². The van der Waals surface area contributed by atoms with Crippen molar-refractivity contribution in [1.82, 2.24) is 4.90 Å². The number of imide groups is 1. The lowest BCUT2D eigenvalue weighted by Gasteiger charge is -2.32. The van der Waals surface area contributed by atoms with Gasteiger partial charge in [-0.25, -0.2) is 4.90 Å². The van der Waals surface area contributed by atoms with E-state index >= 15 is 0 Å². The van der Waals surface area contributed by atoms with Gasteiger partial charge < -0.3 is 4.90 Å². The molecule has 1 atom stereocenters. The second-order valence-corrected chi connectivity index (χ2v) is 8.49. The van der Waals surface area contributed by atoms with Crippen LogP contribution in [0.2, 0.25) is 0 Å². The van der Waals surface area contributed by atoms with E-state index in [0.29, 0.717) is 5.69 Å². The Bertz CT molecular complexity index is 723. The Morgan fingerprint density at radius 3 is 2.27 bits per heavy atom. The van der Waals surface area contributed by atoms with Crippen molar-refractivity contribution >= 4 is 39.3 Å². The lowest BCUT2D eigenvalue weighted by molar-refractivity contribution is -0.143. The summed E-state index contributed by atoms with van der Waals surface area (Å²) in [4.78, 5) is 41.8. The molecule has 2 aliphatic carbocycles. The Morgan fingerprint density at radius 2 is 1.65 bits per heavy atom. The van der Waals surface area contributed by atoms with Crippen LogP contribution < -0.4 is 4.90 Å². The maximum absolute atomic E-state index is 13.1. The van der Waals surface area contributed by atoms with Crippen LogP contribution >= 0.6 is 15.9 Å². The van der Waals surface area contributed by atoms with E-state index in [9.17, 15) is 14.4 Å². The van der Waals surface area contributed by atoms with Crippen LogP contribution in [0.25, 0.3) is 0 Å². The SMILES string of the molecule is O=C1CC(N(C(=O)C2CCCCC2)C2CC2)C(=O)N1c1ccc(Br)cc1. The van der Waals surface area contributed by atoms with Gasteiger partial charge in [0.1, 0.15) is 6.04 Å². The fourth-order valence-electron chi connectivity index (χ4n) is 4.20. The zero-order chi connectivity index (χ0) is 18.3. The summed E-state index contributed by atoms with van der Waals surface area (Å²) in [7, 11) is 0. The third-order valence-electron chi connectivity index (χ3n) is 5.69. The molecular weight excluding hydrogens is 396 g/mol. The Morgan fingerprint density at radius 1 is 1.00 bits per heavy atom. The molecule has 0 aromatic heterocycles. The van der Waals surface area contributed by atoms with Crippen molar-refractivity contribution in [3.8, 4) is 0 Å². The van der Waals surface area contributed by atoms with E-state index in [-0.39, 0.29) is 36.1 Å². The molecule has 1 aromatic carbocycles. The standard InChI is InChI=1S/C20H23BrN2O3/c21-14-6-8-16(9-7-14)23-18(24)12-17(20(23)26)22(15-10-11-15)19(25)13-4-2-1-3-5-13/h6-9,13,15,17H,1-5,10-12H2. The van der Waals surface area contributed by atoms with Gasteiger partial charge in [0.25, 0.3) is 5.91 Å². The number of anilines is 1. The molecule has 0 bridgehead atoms. The molecule has 0 radical (unpaired) electrons. The van der Waals surface area contributed by atoms with Gasteiger partial charge in [0.15, 0.2) is 0 Å². The molecule has 26 heavy (non-hydrogen) atoms. The predicted molar refractivity (Wildman–Crippen MR) is 101 cm³/mol. The van der Waals surface area contributed by atoms with Gasteiger partial charge in [-0.15, -0.1) is 0 Å². The van der Waals surface area contributed by atoms with Gasteiger partial charge in [0, 0.05) is 16.4 Å². The van der Waals surface area contributed by atoms with Crippen molar-refractivity contribution in [2.24, 2.45) is 5.92 Å². The first-order chi connectivity index (χ1) is 12.6. The number of carbonyl (C=O) groups excluding carboxylic acids is 3. The summed E-state index contributed by atoms with van der Waals surface area (Å²) in [6, 6.07) is 6.65. The molecule has 0 N–H and O–H groups in total. The predicted octanol–water partition coefficient (Wildman–Crippen LogP) is 3.65. The number of amides is 3. The first kappa shape index (κ1) is 17.7. The van der Waals surface area contributed by atoms with E-state index in [0.717, 1.165) is 43.0 Å². The molecule has 1 heterocycles. The monoisotopic (exact) mass is 418 g/mol. The molecule has 3 fully saturated rings. The van der Waals surface area contributed by atoms with Gasteiger partial charge in [0.05, 0.1) is 12.1 Å². The fraction of sp³-hybridized carbons (Fsp3) is 0.550. The summed E-state index contributed by atoms with van der Waals surface area (Å²) in [5.74, 6) is -0.359. The molecule has 1 saturated heterocycles. The molecule has 4 rings (SSSR count). The van der Waals surface area contributed by atoms with Gasteiger partial charge in [-0.1, -0.05) is 35.2 Å². The molecule has 1 aliphatic heterocycles. The maximum Gasteiger partial charge on any atom is 0.257 e. The molecule has 1 unspecified atom stereocenters. The highest BCUT2D eigenvalue weighted by Crippen LogP contribution is 2.37. The highest BCUT2D eigenvalue weighted by atomic mass is 79.9. The van der Waals surface area contributed by atoms with Gasteiger partial charge in [-0.3, -0.25) is 14.4 Å². The number of halogens is 1. The molecule has 0 spiro atoms. The van der Waals surface area contributed by atoms with E-state index in [1.807, 2.05) is 12.1 Å². The van der Waals surface area contributed by atoms with Crippen molar-refractivity contribution in [3.63, 3.8) is 0 Å². The molecule has 3 amide bonds. The fourth-order valence-corrected chi connectivity index (χ4v) is 4.46.